The Morgan fingerprint density at radius 1 is 1.71 bits per heavy atom. The fourth-order valence-electron chi connectivity index (χ4n) is 1.13. The third kappa shape index (κ3) is 2.51. The first kappa shape index (κ1) is 11.1. The van der Waals surface area contributed by atoms with Crippen molar-refractivity contribution in [2.45, 2.75) is 26.3 Å². The van der Waals surface area contributed by atoms with E-state index in [0.717, 1.165) is 6.42 Å². The van der Waals surface area contributed by atoms with Crippen LogP contribution in [0.1, 0.15) is 29.5 Å². The number of carbonyl (C=O) groups is 1. The number of halogens is 1. The fourth-order valence-corrected chi connectivity index (χ4v) is 1.43. The predicted molar refractivity (Wildman–Crippen MR) is 55.7 cm³/mol. The predicted octanol–water partition coefficient (Wildman–Crippen LogP) is 2.34. The zero-order valence-corrected chi connectivity index (χ0v) is 9.10. The van der Waals surface area contributed by atoms with Gasteiger partial charge in [-0.05, 0) is 19.4 Å². The molecule has 1 aromatic rings. The molecule has 0 radical (unpaired) electrons. The second-order valence-corrected chi connectivity index (χ2v) is 3.43. The van der Waals surface area contributed by atoms with Crippen LogP contribution in [0.4, 0.5) is 0 Å². The van der Waals surface area contributed by atoms with Crippen molar-refractivity contribution in [2.75, 3.05) is 5.88 Å². The van der Waals surface area contributed by atoms with Gasteiger partial charge in [-0.2, -0.15) is 0 Å². The van der Waals surface area contributed by atoms with Crippen molar-refractivity contribution in [1.29, 1.82) is 0 Å². The molecule has 0 aliphatic carbocycles. The Balaban J connectivity index is 2.63. The number of amides is 1. The molecule has 0 saturated carbocycles. The van der Waals surface area contributed by atoms with Crippen molar-refractivity contribution >= 4 is 17.5 Å². The number of furan rings is 1. The van der Waals surface area contributed by atoms with Gasteiger partial charge in [-0.25, -0.2) is 0 Å². The van der Waals surface area contributed by atoms with E-state index in [2.05, 4.69) is 5.32 Å². The van der Waals surface area contributed by atoms with E-state index in [4.69, 9.17) is 16.0 Å². The molecule has 0 aliphatic heterocycles. The Morgan fingerprint density at radius 3 is 2.86 bits per heavy atom. The highest BCUT2D eigenvalue weighted by Gasteiger charge is 2.14. The van der Waals surface area contributed by atoms with Gasteiger partial charge in [0.1, 0.15) is 5.76 Å². The van der Waals surface area contributed by atoms with Gasteiger partial charge < -0.3 is 9.73 Å². The lowest BCUT2D eigenvalue weighted by molar-refractivity contribution is 0.0938. The number of aryl methyl sites for hydroxylation is 1. The zero-order valence-electron chi connectivity index (χ0n) is 8.34. The highest BCUT2D eigenvalue weighted by Crippen LogP contribution is 2.09. The molecule has 1 atom stereocenters. The quantitative estimate of drug-likeness (QED) is 0.784. The van der Waals surface area contributed by atoms with E-state index >= 15 is 0 Å². The summed E-state index contributed by atoms with van der Waals surface area (Å²) in [6.45, 7) is 3.74. The highest BCUT2D eigenvalue weighted by atomic mass is 35.5. The molecule has 4 heteroatoms. The monoisotopic (exact) mass is 215 g/mol. The summed E-state index contributed by atoms with van der Waals surface area (Å²) >= 11 is 5.67. The number of rotatable bonds is 4. The summed E-state index contributed by atoms with van der Waals surface area (Å²) in [5, 5.41) is 2.83. The Kier molecular flexibility index (Phi) is 4.01. The van der Waals surface area contributed by atoms with Crippen molar-refractivity contribution in [2.24, 2.45) is 0 Å². The normalized spacial score (nSPS) is 12.5. The average molecular weight is 216 g/mol. The van der Waals surface area contributed by atoms with Crippen molar-refractivity contribution in [3.05, 3.63) is 23.7 Å². The second-order valence-electron chi connectivity index (χ2n) is 3.12. The van der Waals surface area contributed by atoms with Crippen LogP contribution in [-0.4, -0.2) is 17.8 Å². The molecule has 1 heterocycles. The molecule has 14 heavy (non-hydrogen) atoms. The number of carbonyl (C=O) groups excluding carboxylic acids is 1. The topological polar surface area (TPSA) is 42.2 Å². The van der Waals surface area contributed by atoms with Crippen LogP contribution in [0.3, 0.4) is 0 Å². The van der Waals surface area contributed by atoms with Crippen LogP contribution in [0.2, 0.25) is 0 Å². The van der Waals surface area contributed by atoms with E-state index in [1.807, 2.05) is 6.92 Å². The molecule has 0 aromatic carbocycles. The van der Waals surface area contributed by atoms with E-state index in [1.54, 1.807) is 13.0 Å². The summed E-state index contributed by atoms with van der Waals surface area (Å²) in [5.74, 6) is 0.940. The first-order chi connectivity index (χ1) is 6.69. The smallest absolute Gasteiger partial charge is 0.255 e. The van der Waals surface area contributed by atoms with E-state index in [1.165, 1.54) is 6.26 Å². The summed E-state index contributed by atoms with van der Waals surface area (Å²) in [6, 6.07) is 1.68. The third-order valence-corrected chi connectivity index (χ3v) is 2.49. The summed E-state index contributed by atoms with van der Waals surface area (Å²) in [6.07, 6.45) is 2.33. The van der Waals surface area contributed by atoms with Gasteiger partial charge in [-0.3, -0.25) is 4.79 Å². The van der Waals surface area contributed by atoms with Gasteiger partial charge in [-0.15, -0.1) is 11.6 Å². The van der Waals surface area contributed by atoms with E-state index in [-0.39, 0.29) is 11.9 Å². The Hall–Kier alpha value is -0.960. The van der Waals surface area contributed by atoms with Crippen molar-refractivity contribution in [3.63, 3.8) is 0 Å². The Morgan fingerprint density at radius 2 is 2.43 bits per heavy atom. The summed E-state index contributed by atoms with van der Waals surface area (Å²) in [4.78, 5) is 11.6. The number of hydrogen-bond donors (Lipinski definition) is 1. The van der Waals surface area contributed by atoms with Gasteiger partial charge in [-0.1, -0.05) is 6.92 Å². The molecule has 0 fully saturated rings. The highest BCUT2D eigenvalue weighted by molar-refractivity contribution is 6.18. The molecule has 1 unspecified atom stereocenters. The second kappa shape index (κ2) is 5.05. The van der Waals surface area contributed by atoms with Gasteiger partial charge in [0, 0.05) is 11.9 Å². The average Bonchev–Trinajstić information content (AvgIpc) is 2.60. The third-order valence-electron chi connectivity index (χ3n) is 2.12. The van der Waals surface area contributed by atoms with Crippen LogP contribution in [-0.2, 0) is 0 Å². The minimum atomic E-state index is -0.122. The maximum absolute atomic E-state index is 11.6. The number of nitrogens with one attached hydrogen (secondary N) is 1. The molecule has 0 bridgehead atoms. The molecule has 0 aliphatic rings. The minimum Gasteiger partial charge on any atom is -0.469 e. The van der Waals surface area contributed by atoms with Crippen molar-refractivity contribution in [1.82, 2.24) is 5.32 Å². The fraction of sp³-hybridized carbons (Fsp3) is 0.500. The summed E-state index contributed by atoms with van der Waals surface area (Å²) < 4.78 is 5.04. The maximum Gasteiger partial charge on any atom is 0.255 e. The van der Waals surface area contributed by atoms with Gasteiger partial charge in [0.15, 0.2) is 0 Å². The van der Waals surface area contributed by atoms with E-state index in [0.29, 0.717) is 17.2 Å². The zero-order chi connectivity index (χ0) is 10.6. The lowest BCUT2D eigenvalue weighted by atomic mass is 10.2. The Labute approximate surface area is 88.4 Å². The molecule has 1 N–H and O–H groups in total. The number of alkyl halides is 1. The first-order valence-corrected chi connectivity index (χ1v) is 5.13. The molecule has 1 rings (SSSR count). The van der Waals surface area contributed by atoms with Crippen LogP contribution in [0.25, 0.3) is 0 Å². The lowest BCUT2D eigenvalue weighted by Crippen LogP contribution is -2.35. The van der Waals surface area contributed by atoms with Crippen LogP contribution < -0.4 is 5.32 Å². The summed E-state index contributed by atoms with van der Waals surface area (Å²) in [7, 11) is 0. The van der Waals surface area contributed by atoms with Gasteiger partial charge in [0.05, 0.1) is 11.8 Å². The van der Waals surface area contributed by atoms with Crippen LogP contribution >= 0.6 is 11.6 Å². The largest absolute Gasteiger partial charge is 0.469 e. The van der Waals surface area contributed by atoms with Crippen LogP contribution in [0.15, 0.2) is 16.7 Å². The lowest BCUT2D eigenvalue weighted by Gasteiger charge is -2.12. The first-order valence-electron chi connectivity index (χ1n) is 4.60. The molecular weight excluding hydrogens is 202 g/mol. The molecule has 0 spiro atoms. The molecule has 3 nitrogen and oxygen atoms in total. The van der Waals surface area contributed by atoms with Crippen LogP contribution in [0.5, 0.6) is 0 Å². The minimum absolute atomic E-state index is 0.0264. The molecule has 0 saturated heterocycles. The maximum atomic E-state index is 11.6. The molecule has 1 amide bonds. The molecular formula is C10H14ClNO2. The van der Waals surface area contributed by atoms with Crippen LogP contribution in [0, 0.1) is 6.92 Å². The molecule has 1 aromatic heterocycles. The number of hydrogen-bond acceptors (Lipinski definition) is 2. The van der Waals surface area contributed by atoms with E-state index in [9.17, 15) is 4.79 Å². The molecule has 78 valence electrons. The summed E-state index contributed by atoms with van der Waals surface area (Å²) in [5.41, 5.74) is 0.577. The van der Waals surface area contributed by atoms with Crippen molar-refractivity contribution < 1.29 is 9.21 Å². The van der Waals surface area contributed by atoms with Crippen molar-refractivity contribution in [3.8, 4) is 0 Å². The van der Waals surface area contributed by atoms with Gasteiger partial charge >= 0.3 is 0 Å². The SMILES string of the molecule is CCC(CCl)NC(=O)c1ccoc1C. The van der Waals surface area contributed by atoms with Gasteiger partial charge in [0.25, 0.3) is 5.91 Å². The van der Waals surface area contributed by atoms with E-state index < -0.39 is 0 Å². The Bertz CT molecular complexity index is 305. The van der Waals surface area contributed by atoms with Gasteiger partial charge in [0.2, 0.25) is 0 Å². The standard InChI is InChI=1S/C10H14ClNO2/c1-3-8(6-11)12-10(13)9-4-5-14-7(9)2/h4-5,8H,3,6H2,1-2H3,(H,12,13).